The first-order valence-electron chi connectivity index (χ1n) is 5.44. The van der Waals surface area contributed by atoms with Gasteiger partial charge in [0.1, 0.15) is 0 Å². The molecule has 3 aliphatic carbocycles. The van der Waals surface area contributed by atoms with Crippen LogP contribution in [0.1, 0.15) is 19.3 Å². The van der Waals surface area contributed by atoms with Crippen molar-refractivity contribution in [2.75, 3.05) is 0 Å². The van der Waals surface area contributed by atoms with Crippen LogP contribution in [0, 0.1) is 5.92 Å². The van der Waals surface area contributed by atoms with E-state index in [4.69, 9.17) is 0 Å². The van der Waals surface area contributed by atoms with Gasteiger partial charge in [-0.25, -0.2) is 0 Å². The first kappa shape index (κ1) is 14.5. The third-order valence-electron chi connectivity index (χ3n) is 3.36. The molecule has 0 radical (unpaired) electrons. The van der Waals surface area contributed by atoms with Crippen molar-refractivity contribution in [2.45, 2.75) is 22.9 Å². The SMILES string of the molecule is C1=CC[C]([Zr+2][CH]2CCC3C=CC=C32)=C1.[Cl-].[Cl-]. The van der Waals surface area contributed by atoms with Crippen molar-refractivity contribution in [3.8, 4) is 0 Å². The van der Waals surface area contributed by atoms with Crippen LogP contribution in [-0.2, 0) is 23.2 Å². The summed E-state index contributed by atoms with van der Waals surface area (Å²) in [6.07, 6.45) is 18.2. The topological polar surface area (TPSA) is 0 Å². The van der Waals surface area contributed by atoms with Crippen LogP contribution in [0.2, 0.25) is 3.63 Å². The zero-order chi connectivity index (χ0) is 9.38. The van der Waals surface area contributed by atoms with Crippen molar-refractivity contribution >= 4 is 0 Å². The third kappa shape index (κ3) is 2.81. The van der Waals surface area contributed by atoms with Crippen LogP contribution >= 0.6 is 0 Å². The van der Waals surface area contributed by atoms with Crippen molar-refractivity contribution in [1.82, 2.24) is 0 Å². The molecule has 0 N–H and O–H groups in total. The smallest absolute Gasteiger partial charge is 1.00 e. The molecule has 0 nitrogen and oxygen atoms in total. The van der Waals surface area contributed by atoms with Crippen LogP contribution in [0.4, 0.5) is 0 Å². The van der Waals surface area contributed by atoms with Crippen molar-refractivity contribution in [1.29, 1.82) is 0 Å². The number of halogens is 2. The van der Waals surface area contributed by atoms with Gasteiger partial charge >= 0.3 is 97.4 Å². The monoisotopic (exact) mass is 330 g/mol. The molecule has 0 bridgehead atoms. The molecule has 0 saturated heterocycles. The van der Waals surface area contributed by atoms with Crippen molar-refractivity contribution in [2.24, 2.45) is 5.92 Å². The van der Waals surface area contributed by atoms with E-state index in [0.717, 1.165) is 9.54 Å². The van der Waals surface area contributed by atoms with E-state index in [1.807, 2.05) is 0 Å². The predicted octanol–water partition coefficient (Wildman–Crippen LogP) is -2.38. The third-order valence-corrected chi connectivity index (χ3v) is 7.57. The predicted molar refractivity (Wildman–Crippen MR) is 55.5 cm³/mol. The Kier molecular flexibility index (Phi) is 5.78. The van der Waals surface area contributed by atoms with Gasteiger partial charge in [-0.2, -0.15) is 0 Å². The minimum Gasteiger partial charge on any atom is -1.00 e. The van der Waals surface area contributed by atoms with E-state index in [9.17, 15) is 0 Å². The van der Waals surface area contributed by atoms with Gasteiger partial charge in [0, 0.05) is 0 Å². The normalized spacial score (nSPS) is 28.8. The van der Waals surface area contributed by atoms with Gasteiger partial charge in [0.25, 0.3) is 0 Å². The first-order chi connectivity index (χ1) is 6.93. The van der Waals surface area contributed by atoms with Gasteiger partial charge in [0.15, 0.2) is 0 Å². The van der Waals surface area contributed by atoms with Crippen LogP contribution in [-0.4, -0.2) is 0 Å². The van der Waals surface area contributed by atoms with E-state index in [-0.39, 0.29) is 48.0 Å². The minimum atomic E-state index is -0.287. The number of rotatable bonds is 2. The minimum absolute atomic E-state index is 0. The van der Waals surface area contributed by atoms with Crippen LogP contribution in [0.3, 0.4) is 0 Å². The van der Waals surface area contributed by atoms with Crippen molar-refractivity contribution in [3.05, 3.63) is 45.3 Å². The Morgan fingerprint density at radius 3 is 2.69 bits per heavy atom. The summed E-state index contributed by atoms with van der Waals surface area (Å²) in [6, 6.07) is 0. The molecular formula is C13H14Cl2Zr. The fourth-order valence-corrected chi connectivity index (χ4v) is 6.71. The Balaban J connectivity index is 0.000000640. The first-order valence-corrected chi connectivity index (χ1v) is 8.09. The maximum absolute atomic E-state index is 2.40. The van der Waals surface area contributed by atoms with Gasteiger partial charge in [-0.15, -0.1) is 0 Å². The van der Waals surface area contributed by atoms with Crippen LogP contribution < -0.4 is 24.8 Å². The van der Waals surface area contributed by atoms with Gasteiger partial charge < -0.3 is 24.8 Å². The Morgan fingerprint density at radius 2 is 1.94 bits per heavy atom. The summed E-state index contributed by atoms with van der Waals surface area (Å²) >= 11 is -0.287. The van der Waals surface area contributed by atoms with E-state index in [1.165, 1.54) is 19.3 Å². The van der Waals surface area contributed by atoms with Gasteiger partial charge in [0.05, 0.1) is 0 Å². The average Bonchev–Trinajstić information content (AvgIpc) is 2.85. The number of allylic oxidation sites excluding steroid dienone is 8. The Morgan fingerprint density at radius 1 is 1.06 bits per heavy atom. The maximum Gasteiger partial charge on any atom is -1.00 e. The van der Waals surface area contributed by atoms with E-state index in [0.29, 0.717) is 0 Å². The van der Waals surface area contributed by atoms with Crippen LogP contribution in [0.5, 0.6) is 0 Å². The zero-order valence-electron chi connectivity index (χ0n) is 9.00. The molecule has 3 rings (SSSR count). The van der Waals surface area contributed by atoms with E-state index in [2.05, 4.69) is 36.5 Å². The largest absolute Gasteiger partial charge is 1.00 e. The summed E-state index contributed by atoms with van der Waals surface area (Å²) < 4.78 is 2.82. The molecule has 2 unspecified atom stereocenters. The molecule has 1 fully saturated rings. The number of fused-ring (bicyclic) bond motifs is 1. The average molecular weight is 332 g/mol. The fraction of sp³-hybridized carbons (Fsp3) is 0.385. The van der Waals surface area contributed by atoms with Gasteiger partial charge in [-0.05, 0) is 0 Å². The molecule has 3 aliphatic rings. The summed E-state index contributed by atoms with van der Waals surface area (Å²) in [7, 11) is 0. The van der Waals surface area contributed by atoms with E-state index >= 15 is 0 Å². The molecule has 2 atom stereocenters. The quantitative estimate of drug-likeness (QED) is 0.530. The molecule has 1 saturated carbocycles. The van der Waals surface area contributed by atoms with Crippen LogP contribution in [0.15, 0.2) is 45.3 Å². The molecule has 0 aliphatic heterocycles. The number of hydrogen-bond acceptors (Lipinski definition) is 0. The van der Waals surface area contributed by atoms with E-state index in [1.54, 1.807) is 8.85 Å². The summed E-state index contributed by atoms with van der Waals surface area (Å²) in [4.78, 5) is 0. The summed E-state index contributed by atoms with van der Waals surface area (Å²) in [5.41, 5.74) is 1.78. The van der Waals surface area contributed by atoms with Gasteiger partial charge in [-0.3, -0.25) is 0 Å². The van der Waals surface area contributed by atoms with Crippen molar-refractivity contribution < 1.29 is 48.0 Å². The molecule has 0 aromatic rings. The molecule has 0 heterocycles. The standard InChI is InChI=1S/C8H9.C5H5.2ClH.Zr/c1-3-7-5-2-6-8(7)4-1;1-2-4-5-3-1;;;/h1,3-5,8H,2,6H2;1-3H,4H2;2*1H;/q;;;;+2/p-2. The van der Waals surface area contributed by atoms with Gasteiger partial charge in [0.2, 0.25) is 0 Å². The molecule has 0 aromatic heterocycles. The molecule has 0 spiro atoms. The van der Waals surface area contributed by atoms with Crippen molar-refractivity contribution in [3.63, 3.8) is 0 Å². The molecular weight excluding hydrogens is 318 g/mol. The summed E-state index contributed by atoms with van der Waals surface area (Å²) in [6.45, 7) is 0. The molecule has 3 heteroatoms. The zero-order valence-corrected chi connectivity index (χ0v) is 13.0. The van der Waals surface area contributed by atoms with Gasteiger partial charge in [-0.1, -0.05) is 0 Å². The fourth-order valence-electron chi connectivity index (χ4n) is 2.62. The van der Waals surface area contributed by atoms with E-state index < -0.39 is 0 Å². The second-order valence-electron chi connectivity index (χ2n) is 4.26. The molecule has 16 heavy (non-hydrogen) atoms. The second kappa shape index (κ2) is 6.38. The second-order valence-corrected chi connectivity index (χ2v) is 8.26. The van der Waals surface area contributed by atoms with Crippen LogP contribution in [0.25, 0.3) is 0 Å². The Labute approximate surface area is 121 Å². The summed E-state index contributed by atoms with van der Waals surface area (Å²) in [5, 5.41) is 0. The molecule has 0 aromatic carbocycles. The number of hydrogen-bond donors (Lipinski definition) is 0. The molecule has 84 valence electrons. The maximum atomic E-state index is 2.40. The molecule has 0 amide bonds. The Hall–Kier alpha value is 0.423. The Bertz CT molecular complexity index is 366. The summed E-state index contributed by atoms with van der Waals surface area (Å²) in [5.74, 6) is 0.843.